The fraction of sp³-hybridized carbons (Fsp3) is 0.136. The molecule has 3 rings (SSSR count). The molecule has 0 aliphatic rings. The van der Waals surface area contributed by atoms with Crippen molar-refractivity contribution in [3.05, 3.63) is 82.9 Å². The van der Waals surface area contributed by atoms with E-state index in [1.807, 2.05) is 30.3 Å². The van der Waals surface area contributed by atoms with Gasteiger partial charge < -0.3 is 19.5 Å². The van der Waals surface area contributed by atoms with E-state index in [2.05, 4.69) is 5.32 Å². The standard InChI is InChI=1S/C22H20ClNO4/c1-26-20-11-9-17(13-21(20)27-2)24-22(25)18-12-16(23)8-10-19(18)28-14-15-6-4-3-5-7-15/h3-13H,14H2,1-2H3,(H,24,25). The van der Waals surface area contributed by atoms with Crippen LogP contribution in [-0.2, 0) is 6.61 Å². The summed E-state index contributed by atoms with van der Waals surface area (Å²) in [7, 11) is 3.09. The highest BCUT2D eigenvalue weighted by atomic mass is 35.5. The lowest BCUT2D eigenvalue weighted by molar-refractivity contribution is 0.102. The van der Waals surface area contributed by atoms with Gasteiger partial charge in [0.2, 0.25) is 0 Å². The maximum Gasteiger partial charge on any atom is 0.259 e. The Morgan fingerprint density at radius 1 is 0.893 bits per heavy atom. The Balaban J connectivity index is 1.80. The van der Waals surface area contributed by atoms with E-state index in [1.54, 1.807) is 43.5 Å². The van der Waals surface area contributed by atoms with Gasteiger partial charge in [-0.3, -0.25) is 4.79 Å². The number of nitrogens with one attached hydrogen (secondary N) is 1. The number of hydrogen-bond donors (Lipinski definition) is 1. The third-order valence-electron chi connectivity index (χ3n) is 4.06. The van der Waals surface area contributed by atoms with E-state index in [0.29, 0.717) is 40.1 Å². The van der Waals surface area contributed by atoms with Crippen LogP contribution in [0.4, 0.5) is 5.69 Å². The monoisotopic (exact) mass is 397 g/mol. The van der Waals surface area contributed by atoms with Crippen LogP contribution >= 0.6 is 11.6 Å². The Morgan fingerprint density at radius 3 is 2.32 bits per heavy atom. The van der Waals surface area contributed by atoms with Gasteiger partial charge in [0.25, 0.3) is 5.91 Å². The van der Waals surface area contributed by atoms with Crippen LogP contribution in [0, 0.1) is 0 Å². The number of ether oxygens (including phenoxy) is 3. The van der Waals surface area contributed by atoms with E-state index in [0.717, 1.165) is 5.56 Å². The molecule has 0 aromatic heterocycles. The molecule has 0 aliphatic carbocycles. The van der Waals surface area contributed by atoms with Crippen LogP contribution < -0.4 is 19.5 Å². The van der Waals surface area contributed by atoms with Crippen molar-refractivity contribution in [3.8, 4) is 17.2 Å². The van der Waals surface area contributed by atoms with Gasteiger partial charge in [-0.05, 0) is 35.9 Å². The summed E-state index contributed by atoms with van der Waals surface area (Å²) in [5.74, 6) is 1.21. The van der Waals surface area contributed by atoms with Gasteiger partial charge in [0.1, 0.15) is 12.4 Å². The van der Waals surface area contributed by atoms with E-state index in [4.69, 9.17) is 25.8 Å². The number of benzene rings is 3. The van der Waals surface area contributed by atoms with Crippen molar-refractivity contribution >= 4 is 23.2 Å². The van der Waals surface area contributed by atoms with Crippen LogP contribution in [0.3, 0.4) is 0 Å². The maximum atomic E-state index is 12.8. The highest BCUT2D eigenvalue weighted by Crippen LogP contribution is 2.31. The minimum absolute atomic E-state index is 0.335. The normalized spacial score (nSPS) is 10.2. The molecule has 28 heavy (non-hydrogen) atoms. The molecule has 0 fully saturated rings. The van der Waals surface area contributed by atoms with Gasteiger partial charge in [0, 0.05) is 16.8 Å². The Kier molecular flexibility index (Phi) is 6.40. The maximum absolute atomic E-state index is 12.8. The first-order valence-electron chi connectivity index (χ1n) is 8.60. The fourth-order valence-electron chi connectivity index (χ4n) is 2.65. The molecule has 0 saturated heterocycles. The first kappa shape index (κ1) is 19.6. The molecule has 0 atom stereocenters. The summed E-state index contributed by atoms with van der Waals surface area (Å²) in [6, 6.07) is 19.8. The lowest BCUT2D eigenvalue weighted by Crippen LogP contribution is -2.14. The smallest absolute Gasteiger partial charge is 0.259 e. The first-order chi connectivity index (χ1) is 13.6. The lowest BCUT2D eigenvalue weighted by atomic mass is 10.1. The molecule has 0 unspecified atom stereocenters. The average molecular weight is 398 g/mol. The molecule has 0 spiro atoms. The molecule has 0 aliphatic heterocycles. The number of amides is 1. The Hall–Kier alpha value is -3.18. The summed E-state index contributed by atoms with van der Waals surface area (Å²) in [4.78, 5) is 12.8. The molecule has 3 aromatic rings. The lowest BCUT2D eigenvalue weighted by Gasteiger charge is -2.14. The largest absolute Gasteiger partial charge is 0.493 e. The molecule has 0 bridgehead atoms. The minimum Gasteiger partial charge on any atom is -0.493 e. The molecule has 5 nitrogen and oxygen atoms in total. The summed E-state index contributed by atoms with van der Waals surface area (Å²) >= 11 is 6.10. The van der Waals surface area contributed by atoms with Crippen molar-refractivity contribution in [1.29, 1.82) is 0 Å². The molecule has 0 heterocycles. The Morgan fingerprint density at radius 2 is 1.61 bits per heavy atom. The summed E-state index contributed by atoms with van der Waals surface area (Å²) in [6.07, 6.45) is 0. The number of hydrogen-bond acceptors (Lipinski definition) is 4. The molecule has 3 aromatic carbocycles. The summed E-state index contributed by atoms with van der Waals surface area (Å²) in [5, 5.41) is 3.29. The molecular weight excluding hydrogens is 378 g/mol. The highest BCUT2D eigenvalue weighted by molar-refractivity contribution is 6.31. The van der Waals surface area contributed by atoms with E-state index in [1.165, 1.54) is 7.11 Å². The van der Waals surface area contributed by atoms with Gasteiger partial charge >= 0.3 is 0 Å². The van der Waals surface area contributed by atoms with Gasteiger partial charge in [-0.15, -0.1) is 0 Å². The fourth-order valence-corrected chi connectivity index (χ4v) is 2.83. The summed E-state index contributed by atoms with van der Waals surface area (Å²) in [5.41, 5.74) is 1.92. The van der Waals surface area contributed by atoms with Crippen LogP contribution in [0.25, 0.3) is 0 Å². The number of carbonyl (C=O) groups excluding carboxylic acids is 1. The average Bonchev–Trinajstić information content (AvgIpc) is 2.73. The molecule has 1 N–H and O–H groups in total. The first-order valence-corrected chi connectivity index (χ1v) is 8.98. The van der Waals surface area contributed by atoms with Crippen molar-refractivity contribution in [2.75, 3.05) is 19.5 Å². The van der Waals surface area contributed by atoms with E-state index in [9.17, 15) is 4.79 Å². The van der Waals surface area contributed by atoms with Crippen LogP contribution in [0.15, 0.2) is 66.7 Å². The number of methoxy groups -OCH3 is 2. The second-order valence-corrected chi connectivity index (χ2v) is 6.38. The van der Waals surface area contributed by atoms with E-state index >= 15 is 0 Å². The Bertz CT molecular complexity index is 960. The molecule has 1 amide bonds. The van der Waals surface area contributed by atoms with Gasteiger partial charge in [-0.25, -0.2) is 0 Å². The quantitative estimate of drug-likeness (QED) is 0.596. The summed E-state index contributed by atoms with van der Waals surface area (Å²) < 4.78 is 16.3. The van der Waals surface area contributed by atoms with Gasteiger partial charge in [-0.2, -0.15) is 0 Å². The third kappa shape index (κ3) is 4.75. The van der Waals surface area contributed by atoms with Crippen molar-refractivity contribution in [3.63, 3.8) is 0 Å². The zero-order valence-electron chi connectivity index (χ0n) is 15.6. The SMILES string of the molecule is COc1ccc(NC(=O)c2cc(Cl)ccc2OCc2ccccc2)cc1OC. The van der Waals surface area contributed by atoms with Gasteiger partial charge in [-0.1, -0.05) is 41.9 Å². The summed E-state index contributed by atoms with van der Waals surface area (Å²) in [6.45, 7) is 0.346. The zero-order valence-corrected chi connectivity index (χ0v) is 16.3. The molecule has 144 valence electrons. The van der Waals surface area contributed by atoms with Crippen molar-refractivity contribution in [2.24, 2.45) is 0 Å². The zero-order chi connectivity index (χ0) is 19.9. The van der Waals surface area contributed by atoms with Crippen molar-refractivity contribution < 1.29 is 19.0 Å². The topological polar surface area (TPSA) is 56.8 Å². The van der Waals surface area contributed by atoms with Crippen LogP contribution in [0.1, 0.15) is 15.9 Å². The second kappa shape index (κ2) is 9.15. The number of carbonyl (C=O) groups is 1. The van der Waals surface area contributed by atoms with E-state index in [-0.39, 0.29) is 5.91 Å². The molecule has 6 heteroatoms. The van der Waals surface area contributed by atoms with E-state index < -0.39 is 0 Å². The number of halogens is 1. The number of rotatable bonds is 7. The molecule has 0 radical (unpaired) electrons. The van der Waals surface area contributed by atoms with Crippen molar-refractivity contribution in [2.45, 2.75) is 6.61 Å². The molecule has 0 saturated carbocycles. The predicted molar refractivity (Wildman–Crippen MR) is 110 cm³/mol. The second-order valence-electron chi connectivity index (χ2n) is 5.94. The van der Waals surface area contributed by atoms with Crippen molar-refractivity contribution in [1.82, 2.24) is 0 Å². The van der Waals surface area contributed by atoms with Crippen LogP contribution in [0.2, 0.25) is 5.02 Å². The van der Waals surface area contributed by atoms with Crippen LogP contribution in [0.5, 0.6) is 17.2 Å². The minimum atomic E-state index is -0.335. The number of anilines is 1. The Labute approximate surface area is 168 Å². The predicted octanol–water partition coefficient (Wildman–Crippen LogP) is 5.19. The molecular formula is C22H20ClNO4. The van der Waals surface area contributed by atoms with Gasteiger partial charge in [0.15, 0.2) is 11.5 Å². The van der Waals surface area contributed by atoms with Crippen LogP contribution in [-0.4, -0.2) is 20.1 Å². The third-order valence-corrected chi connectivity index (χ3v) is 4.30. The van der Waals surface area contributed by atoms with Gasteiger partial charge in [0.05, 0.1) is 19.8 Å². The highest BCUT2D eigenvalue weighted by Gasteiger charge is 2.15.